The first-order valence-corrected chi connectivity index (χ1v) is 9.03. The van der Waals surface area contributed by atoms with Crippen LogP contribution >= 0.6 is 11.6 Å². The topological polar surface area (TPSA) is 75.9 Å². The number of ether oxygens (including phenoxy) is 1. The number of nitrogens with zero attached hydrogens (tertiary/aromatic N) is 2. The van der Waals surface area contributed by atoms with Gasteiger partial charge in [0.05, 0.1) is 25.2 Å². The van der Waals surface area contributed by atoms with Gasteiger partial charge in [0, 0.05) is 31.2 Å². The molecule has 1 spiro atoms. The minimum absolute atomic E-state index is 0.0265. The first-order valence-electron chi connectivity index (χ1n) is 8.65. The van der Waals surface area contributed by atoms with E-state index in [2.05, 4.69) is 0 Å². The van der Waals surface area contributed by atoms with Gasteiger partial charge in [-0.1, -0.05) is 23.7 Å². The van der Waals surface area contributed by atoms with Crippen LogP contribution in [0.3, 0.4) is 0 Å². The first kappa shape index (κ1) is 18.2. The molecule has 2 aliphatic heterocycles. The molecular formula is C18H24ClN3O3. The smallest absolute Gasteiger partial charge is 0.236 e. The van der Waals surface area contributed by atoms with Gasteiger partial charge in [-0.05, 0) is 30.5 Å². The number of piperidine rings is 1. The average molecular weight is 366 g/mol. The Balaban J connectivity index is 1.58. The highest BCUT2D eigenvalue weighted by Gasteiger charge is 2.41. The molecule has 0 radical (unpaired) electrons. The molecule has 0 aliphatic carbocycles. The van der Waals surface area contributed by atoms with Crippen molar-refractivity contribution >= 4 is 23.4 Å². The fourth-order valence-electron chi connectivity index (χ4n) is 3.54. The van der Waals surface area contributed by atoms with Gasteiger partial charge in [-0.25, -0.2) is 0 Å². The number of carbonyl (C=O) groups is 2. The molecule has 7 heteroatoms. The molecule has 25 heavy (non-hydrogen) atoms. The quantitative estimate of drug-likeness (QED) is 0.869. The van der Waals surface area contributed by atoms with Crippen molar-refractivity contribution in [1.29, 1.82) is 0 Å². The van der Waals surface area contributed by atoms with Crippen molar-refractivity contribution in [3.63, 3.8) is 0 Å². The van der Waals surface area contributed by atoms with Gasteiger partial charge >= 0.3 is 0 Å². The molecule has 2 fully saturated rings. The fraction of sp³-hybridized carbons (Fsp3) is 0.556. The lowest BCUT2D eigenvalue weighted by molar-refractivity contribution is -0.162. The highest BCUT2D eigenvalue weighted by molar-refractivity contribution is 6.30. The van der Waals surface area contributed by atoms with Crippen LogP contribution in [0.4, 0.5) is 0 Å². The van der Waals surface area contributed by atoms with Crippen LogP contribution in [0, 0.1) is 0 Å². The van der Waals surface area contributed by atoms with Crippen molar-refractivity contribution < 1.29 is 14.3 Å². The van der Waals surface area contributed by atoms with Crippen molar-refractivity contribution in [2.24, 2.45) is 5.73 Å². The Hall–Kier alpha value is -1.63. The molecule has 0 unspecified atom stereocenters. The minimum Gasteiger partial charge on any atom is -0.371 e. The van der Waals surface area contributed by atoms with Crippen molar-refractivity contribution in [3.8, 4) is 0 Å². The van der Waals surface area contributed by atoms with Crippen molar-refractivity contribution in [2.45, 2.75) is 24.9 Å². The second kappa shape index (κ2) is 7.72. The number of morpholine rings is 1. The summed E-state index contributed by atoms with van der Waals surface area (Å²) in [6, 6.07) is 7.37. The van der Waals surface area contributed by atoms with Gasteiger partial charge in [0.1, 0.15) is 0 Å². The summed E-state index contributed by atoms with van der Waals surface area (Å²) in [4.78, 5) is 28.0. The van der Waals surface area contributed by atoms with E-state index >= 15 is 0 Å². The maximum Gasteiger partial charge on any atom is 0.236 e. The lowest BCUT2D eigenvalue weighted by Gasteiger charge is -2.47. The van der Waals surface area contributed by atoms with Crippen LogP contribution in [0.15, 0.2) is 24.3 Å². The molecule has 2 aliphatic rings. The van der Waals surface area contributed by atoms with Crippen LogP contribution in [-0.2, 0) is 20.7 Å². The molecule has 136 valence electrons. The van der Waals surface area contributed by atoms with E-state index in [1.807, 2.05) is 17.0 Å². The second-order valence-electron chi connectivity index (χ2n) is 6.73. The minimum atomic E-state index is -0.334. The summed E-state index contributed by atoms with van der Waals surface area (Å²) in [6.07, 6.45) is 1.85. The number of likely N-dealkylation sites (tertiary alicyclic amines) is 1. The summed E-state index contributed by atoms with van der Waals surface area (Å²) >= 11 is 5.89. The van der Waals surface area contributed by atoms with Crippen LogP contribution in [0.1, 0.15) is 18.4 Å². The number of amides is 2. The third-order valence-electron chi connectivity index (χ3n) is 5.07. The zero-order chi connectivity index (χ0) is 17.9. The maximum atomic E-state index is 12.7. The summed E-state index contributed by atoms with van der Waals surface area (Å²) < 4.78 is 6.03. The number of rotatable bonds is 3. The number of nitrogens with two attached hydrogens (primary N) is 1. The van der Waals surface area contributed by atoms with E-state index in [1.165, 1.54) is 0 Å². The van der Waals surface area contributed by atoms with Crippen molar-refractivity contribution in [1.82, 2.24) is 9.80 Å². The molecule has 1 aromatic rings. The van der Waals surface area contributed by atoms with Crippen LogP contribution in [0.2, 0.25) is 5.02 Å². The van der Waals surface area contributed by atoms with Gasteiger partial charge < -0.3 is 20.3 Å². The summed E-state index contributed by atoms with van der Waals surface area (Å²) in [6.45, 7) is 3.05. The highest BCUT2D eigenvalue weighted by atomic mass is 35.5. The molecule has 2 heterocycles. The van der Waals surface area contributed by atoms with Gasteiger partial charge in [0.15, 0.2) is 0 Å². The number of benzene rings is 1. The predicted molar refractivity (Wildman–Crippen MR) is 95.3 cm³/mol. The monoisotopic (exact) mass is 365 g/mol. The predicted octanol–water partition coefficient (Wildman–Crippen LogP) is 1.06. The lowest BCUT2D eigenvalue weighted by Crippen LogP contribution is -2.59. The molecule has 1 aromatic carbocycles. The molecule has 6 nitrogen and oxygen atoms in total. The summed E-state index contributed by atoms with van der Waals surface area (Å²) in [5.41, 5.74) is 6.06. The van der Waals surface area contributed by atoms with E-state index in [0.717, 1.165) is 18.4 Å². The molecule has 0 bridgehead atoms. The summed E-state index contributed by atoms with van der Waals surface area (Å²) in [7, 11) is 0. The Morgan fingerprint density at radius 3 is 2.40 bits per heavy atom. The van der Waals surface area contributed by atoms with Gasteiger partial charge in [0.25, 0.3) is 0 Å². The zero-order valence-corrected chi connectivity index (χ0v) is 15.0. The first-order chi connectivity index (χ1) is 12.0. The maximum absolute atomic E-state index is 12.7. The van der Waals surface area contributed by atoms with Gasteiger partial charge in [-0.15, -0.1) is 0 Å². The van der Waals surface area contributed by atoms with Gasteiger partial charge in [-0.2, -0.15) is 0 Å². The molecule has 2 N–H and O–H groups in total. The standard InChI is InChI=1S/C18H24ClN3O3/c19-15-3-1-14(2-4-15)11-16(23)22-9-10-25-18(13-22)5-7-21(8-6-18)17(24)12-20/h1-4H,5-13,20H2. The number of halogens is 1. The largest absolute Gasteiger partial charge is 0.371 e. The van der Waals surface area contributed by atoms with Gasteiger partial charge in [0.2, 0.25) is 11.8 Å². The molecule has 2 amide bonds. The Kier molecular flexibility index (Phi) is 5.61. The molecule has 3 rings (SSSR count). The van der Waals surface area contributed by atoms with Crippen LogP contribution in [0.25, 0.3) is 0 Å². The average Bonchev–Trinajstić information content (AvgIpc) is 2.63. The van der Waals surface area contributed by atoms with Crippen molar-refractivity contribution in [3.05, 3.63) is 34.9 Å². The SMILES string of the molecule is NCC(=O)N1CCC2(CC1)CN(C(=O)Cc1ccc(Cl)cc1)CCO2. The van der Waals surface area contributed by atoms with Crippen molar-refractivity contribution in [2.75, 3.05) is 39.3 Å². The van der Waals surface area contributed by atoms with E-state index < -0.39 is 0 Å². The lowest BCUT2D eigenvalue weighted by atomic mass is 9.89. The summed E-state index contributed by atoms with van der Waals surface area (Å²) in [5, 5.41) is 0.667. The fourth-order valence-corrected chi connectivity index (χ4v) is 3.67. The van der Waals surface area contributed by atoms with Crippen LogP contribution < -0.4 is 5.73 Å². The molecule has 0 atom stereocenters. The van der Waals surface area contributed by atoms with E-state index in [1.54, 1.807) is 17.0 Å². The highest BCUT2D eigenvalue weighted by Crippen LogP contribution is 2.30. The van der Waals surface area contributed by atoms with E-state index in [0.29, 0.717) is 44.2 Å². The third-order valence-corrected chi connectivity index (χ3v) is 5.32. The van der Waals surface area contributed by atoms with Crippen LogP contribution in [-0.4, -0.2) is 66.5 Å². The van der Waals surface area contributed by atoms with Gasteiger partial charge in [-0.3, -0.25) is 9.59 Å². The molecular weight excluding hydrogens is 342 g/mol. The number of carbonyl (C=O) groups excluding carboxylic acids is 2. The molecule has 2 saturated heterocycles. The second-order valence-corrected chi connectivity index (χ2v) is 7.17. The Labute approximate surface area is 152 Å². The van der Waals surface area contributed by atoms with Crippen LogP contribution in [0.5, 0.6) is 0 Å². The third kappa shape index (κ3) is 4.32. The molecule has 0 saturated carbocycles. The Morgan fingerprint density at radius 2 is 1.76 bits per heavy atom. The number of hydrogen-bond acceptors (Lipinski definition) is 4. The number of hydrogen-bond donors (Lipinski definition) is 1. The molecule has 0 aromatic heterocycles. The Bertz CT molecular complexity index is 627. The summed E-state index contributed by atoms with van der Waals surface area (Å²) in [5.74, 6) is 0.0757. The zero-order valence-electron chi connectivity index (χ0n) is 14.2. The normalized spacial score (nSPS) is 19.9. The van der Waals surface area contributed by atoms with E-state index in [9.17, 15) is 9.59 Å². The van der Waals surface area contributed by atoms with E-state index in [-0.39, 0.29) is 24.0 Å². The Morgan fingerprint density at radius 1 is 1.08 bits per heavy atom. The van der Waals surface area contributed by atoms with E-state index in [4.69, 9.17) is 22.1 Å².